The summed E-state index contributed by atoms with van der Waals surface area (Å²) in [6.07, 6.45) is 3.80. The molecule has 0 radical (unpaired) electrons. The molecular formula is C12H18ClNO4. The largest absolute Gasteiger partial charge is 0.497 e. The van der Waals surface area contributed by atoms with Gasteiger partial charge >= 0.3 is 5.97 Å². The van der Waals surface area contributed by atoms with E-state index in [0.29, 0.717) is 36.7 Å². The number of carbonyl (C=O) groups is 1. The van der Waals surface area contributed by atoms with E-state index in [1.807, 2.05) is 6.92 Å². The van der Waals surface area contributed by atoms with Crippen LogP contribution in [0.1, 0.15) is 20.3 Å². The number of halogens is 1. The number of nitrogens with zero attached hydrogens (tertiary/aromatic N) is 1. The monoisotopic (exact) mass is 275 g/mol. The van der Waals surface area contributed by atoms with Gasteiger partial charge in [0.1, 0.15) is 12.9 Å². The van der Waals surface area contributed by atoms with E-state index in [1.165, 1.54) is 7.11 Å². The van der Waals surface area contributed by atoms with Crippen molar-refractivity contribution in [2.24, 2.45) is 5.16 Å². The van der Waals surface area contributed by atoms with Crippen LogP contribution in [-0.2, 0) is 19.1 Å². The van der Waals surface area contributed by atoms with Gasteiger partial charge in [-0.05, 0) is 26.0 Å². The Morgan fingerprint density at radius 2 is 2.06 bits per heavy atom. The summed E-state index contributed by atoms with van der Waals surface area (Å²) in [5, 5.41) is 3.82. The molecule has 0 heterocycles. The third-order valence-corrected chi connectivity index (χ3v) is 2.11. The predicted octanol–water partition coefficient (Wildman–Crippen LogP) is 2.22. The molecule has 0 atom stereocenters. The van der Waals surface area contributed by atoms with E-state index in [-0.39, 0.29) is 18.4 Å². The number of ether oxygens (including phenoxy) is 2. The minimum Gasteiger partial charge on any atom is -0.497 e. The van der Waals surface area contributed by atoms with Gasteiger partial charge < -0.3 is 14.3 Å². The average Bonchev–Trinajstić information content (AvgIpc) is 2.30. The third kappa shape index (κ3) is 4.41. The van der Waals surface area contributed by atoms with Gasteiger partial charge in [-0.25, -0.2) is 4.79 Å². The van der Waals surface area contributed by atoms with Crippen molar-refractivity contribution in [1.82, 2.24) is 0 Å². The second-order valence-electron chi connectivity index (χ2n) is 3.27. The lowest BCUT2D eigenvalue weighted by molar-refractivity contribution is -0.138. The second kappa shape index (κ2) is 8.58. The van der Waals surface area contributed by atoms with E-state index in [4.69, 9.17) is 14.3 Å². The SMILES string of the molecule is CCOC(=O)C1=C(OCC)CC(=NOC)C=C1.Cl. The smallest absolute Gasteiger partial charge is 0.341 e. The highest BCUT2D eigenvalue weighted by molar-refractivity contribution is 6.03. The van der Waals surface area contributed by atoms with Crippen molar-refractivity contribution in [2.45, 2.75) is 20.3 Å². The number of allylic oxidation sites excluding steroid dienone is 2. The molecule has 0 fully saturated rings. The second-order valence-corrected chi connectivity index (χ2v) is 3.27. The molecule has 0 aromatic carbocycles. The average molecular weight is 276 g/mol. The van der Waals surface area contributed by atoms with E-state index in [9.17, 15) is 4.79 Å². The van der Waals surface area contributed by atoms with Crippen LogP contribution < -0.4 is 0 Å². The van der Waals surface area contributed by atoms with Gasteiger partial charge in [-0.1, -0.05) is 5.16 Å². The highest BCUT2D eigenvalue weighted by Gasteiger charge is 2.20. The first-order valence-corrected chi connectivity index (χ1v) is 5.54. The van der Waals surface area contributed by atoms with Gasteiger partial charge in [0.15, 0.2) is 0 Å². The fourth-order valence-corrected chi connectivity index (χ4v) is 1.46. The minimum absolute atomic E-state index is 0. The van der Waals surface area contributed by atoms with Crippen molar-refractivity contribution < 1.29 is 19.1 Å². The molecule has 0 aromatic rings. The van der Waals surface area contributed by atoms with Crippen molar-refractivity contribution >= 4 is 24.1 Å². The van der Waals surface area contributed by atoms with Crippen molar-refractivity contribution in [1.29, 1.82) is 0 Å². The van der Waals surface area contributed by atoms with Gasteiger partial charge in [-0.2, -0.15) is 0 Å². The highest BCUT2D eigenvalue weighted by Crippen LogP contribution is 2.20. The molecule has 0 amide bonds. The molecule has 0 saturated heterocycles. The van der Waals surface area contributed by atoms with Crippen molar-refractivity contribution in [3.63, 3.8) is 0 Å². The molecule has 0 aromatic heterocycles. The molecule has 0 bridgehead atoms. The van der Waals surface area contributed by atoms with Crippen LogP contribution in [0.5, 0.6) is 0 Å². The summed E-state index contributed by atoms with van der Waals surface area (Å²) in [6.45, 7) is 4.46. The van der Waals surface area contributed by atoms with Crippen LogP contribution in [0.3, 0.4) is 0 Å². The quantitative estimate of drug-likeness (QED) is 0.570. The zero-order valence-corrected chi connectivity index (χ0v) is 11.6. The van der Waals surface area contributed by atoms with Gasteiger partial charge in [-0.3, -0.25) is 0 Å². The molecule has 18 heavy (non-hydrogen) atoms. The molecule has 0 spiro atoms. The molecule has 0 unspecified atom stereocenters. The molecule has 0 N–H and O–H groups in total. The summed E-state index contributed by atoms with van der Waals surface area (Å²) in [7, 11) is 1.48. The Kier molecular flexibility index (Phi) is 7.87. The first kappa shape index (κ1) is 16.5. The Morgan fingerprint density at radius 1 is 1.33 bits per heavy atom. The lowest BCUT2D eigenvalue weighted by Crippen LogP contribution is -2.15. The maximum Gasteiger partial charge on any atom is 0.341 e. The predicted molar refractivity (Wildman–Crippen MR) is 70.7 cm³/mol. The Hall–Kier alpha value is -1.49. The summed E-state index contributed by atoms with van der Waals surface area (Å²) in [5.74, 6) is 0.202. The summed E-state index contributed by atoms with van der Waals surface area (Å²) in [4.78, 5) is 16.4. The molecule has 102 valence electrons. The van der Waals surface area contributed by atoms with Crippen LogP contribution in [0.4, 0.5) is 0 Å². The minimum atomic E-state index is -0.372. The molecule has 1 rings (SSSR count). The molecule has 6 heteroatoms. The van der Waals surface area contributed by atoms with E-state index < -0.39 is 0 Å². The number of hydrogen-bond acceptors (Lipinski definition) is 5. The van der Waals surface area contributed by atoms with Gasteiger partial charge in [0.25, 0.3) is 0 Å². The van der Waals surface area contributed by atoms with Gasteiger partial charge in [0.2, 0.25) is 0 Å². The van der Waals surface area contributed by atoms with Crippen LogP contribution in [-0.4, -0.2) is 32.0 Å². The Bertz CT molecular complexity index is 374. The standard InChI is InChI=1S/C12H17NO4.ClH/c1-4-16-11-8-9(13-15-3)6-7-10(11)12(14)17-5-2;/h6-7H,4-5,8H2,1-3H3;1H. The van der Waals surface area contributed by atoms with E-state index >= 15 is 0 Å². The lowest BCUT2D eigenvalue weighted by Gasteiger charge is -2.16. The van der Waals surface area contributed by atoms with Crippen molar-refractivity contribution in [3.05, 3.63) is 23.5 Å². The number of hydrogen-bond donors (Lipinski definition) is 0. The topological polar surface area (TPSA) is 57.1 Å². The number of esters is 1. The van der Waals surface area contributed by atoms with Gasteiger partial charge in [0, 0.05) is 0 Å². The van der Waals surface area contributed by atoms with Crippen molar-refractivity contribution in [2.75, 3.05) is 20.3 Å². The highest BCUT2D eigenvalue weighted by atomic mass is 35.5. The van der Waals surface area contributed by atoms with Crippen LogP contribution in [0, 0.1) is 0 Å². The maximum absolute atomic E-state index is 11.7. The van der Waals surface area contributed by atoms with E-state index in [2.05, 4.69) is 5.16 Å². The Balaban J connectivity index is 0.00000289. The van der Waals surface area contributed by atoms with Gasteiger partial charge in [0.05, 0.1) is 30.9 Å². The summed E-state index contributed by atoms with van der Waals surface area (Å²) in [6, 6.07) is 0. The van der Waals surface area contributed by atoms with E-state index in [0.717, 1.165) is 0 Å². The first-order chi connectivity index (χ1) is 8.22. The molecule has 1 aliphatic rings. The molecule has 0 saturated carbocycles. The van der Waals surface area contributed by atoms with Crippen molar-refractivity contribution in [3.8, 4) is 0 Å². The summed E-state index contributed by atoms with van der Waals surface area (Å²) < 4.78 is 10.4. The van der Waals surface area contributed by atoms with Gasteiger partial charge in [-0.15, -0.1) is 12.4 Å². The normalized spacial score (nSPS) is 16.3. The Morgan fingerprint density at radius 3 is 2.61 bits per heavy atom. The molecule has 1 aliphatic carbocycles. The zero-order valence-electron chi connectivity index (χ0n) is 10.8. The van der Waals surface area contributed by atoms with E-state index in [1.54, 1.807) is 19.1 Å². The number of oxime groups is 1. The lowest BCUT2D eigenvalue weighted by atomic mass is 10.0. The van der Waals surface area contributed by atoms with Crippen LogP contribution in [0.25, 0.3) is 0 Å². The molecule has 0 aliphatic heterocycles. The van der Waals surface area contributed by atoms with Crippen LogP contribution in [0.15, 0.2) is 28.6 Å². The molecule has 5 nitrogen and oxygen atoms in total. The summed E-state index contributed by atoms with van der Waals surface area (Å²) >= 11 is 0. The number of rotatable bonds is 5. The third-order valence-electron chi connectivity index (χ3n) is 2.11. The Labute approximate surface area is 113 Å². The zero-order chi connectivity index (χ0) is 12.7. The fourth-order valence-electron chi connectivity index (χ4n) is 1.46. The summed E-state index contributed by atoms with van der Waals surface area (Å²) in [5.41, 5.74) is 1.16. The molecular weight excluding hydrogens is 258 g/mol. The van der Waals surface area contributed by atoms with Crippen LogP contribution in [0.2, 0.25) is 0 Å². The fraction of sp³-hybridized carbons (Fsp3) is 0.500. The van der Waals surface area contributed by atoms with Crippen LogP contribution >= 0.6 is 12.4 Å². The first-order valence-electron chi connectivity index (χ1n) is 5.54. The maximum atomic E-state index is 11.7. The number of carbonyl (C=O) groups excluding carboxylic acids is 1.